The number of aromatic amines is 1. The summed E-state index contributed by atoms with van der Waals surface area (Å²) in [6.45, 7) is 6.82. The first-order chi connectivity index (χ1) is 16.7. The molecule has 35 heavy (non-hydrogen) atoms. The summed E-state index contributed by atoms with van der Waals surface area (Å²) in [4.78, 5) is 30.5. The maximum absolute atomic E-state index is 13.8. The first-order valence-corrected chi connectivity index (χ1v) is 12.6. The number of nitrogens with zero attached hydrogens (tertiary/aromatic N) is 1. The SMILES string of the molecule is Cn1c(=O)c2c(c3ccccc31)OC1(C)CC3c4c(c5ccccc5[nH]c4=O)CC(C)(C)C3C2C1. The first kappa shape index (κ1) is 21.0. The number of hydrogen-bond acceptors (Lipinski definition) is 3. The molecule has 2 bridgehead atoms. The lowest BCUT2D eigenvalue weighted by Crippen LogP contribution is -2.55. The van der Waals surface area contributed by atoms with Gasteiger partial charge in [-0.15, -0.1) is 0 Å². The van der Waals surface area contributed by atoms with Crippen LogP contribution in [0.25, 0.3) is 21.8 Å². The van der Waals surface area contributed by atoms with Gasteiger partial charge in [0.15, 0.2) is 0 Å². The van der Waals surface area contributed by atoms with Gasteiger partial charge in [-0.05, 0) is 67.2 Å². The van der Waals surface area contributed by atoms with Crippen LogP contribution in [0.15, 0.2) is 58.1 Å². The predicted molar refractivity (Wildman–Crippen MR) is 138 cm³/mol. The number of nitrogens with one attached hydrogen (secondary N) is 1. The summed E-state index contributed by atoms with van der Waals surface area (Å²) in [5.74, 6) is 1.02. The van der Waals surface area contributed by atoms with Gasteiger partial charge in [0.05, 0.1) is 11.1 Å². The van der Waals surface area contributed by atoms with Crippen molar-refractivity contribution in [1.82, 2.24) is 9.55 Å². The van der Waals surface area contributed by atoms with Gasteiger partial charge in [0.25, 0.3) is 11.1 Å². The Balaban J connectivity index is 1.53. The number of H-pyrrole nitrogens is 1. The number of para-hydroxylation sites is 2. The van der Waals surface area contributed by atoms with Crippen molar-refractivity contribution in [1.29, 1.82) is 0 Å². The van der Waals surface area contributed by atoms with Gasteiger partial charge < -0.3 is 14.3 Å². The third-order valence-electron chi connectivity index (χ3n) is 9.16. The van der Waals surface area contributed by atoms with Crippen LogP contribution in [-0.2, 0) is 13.5 Å². The Morgan fingerprint density at radius 3 is 2.34 bits per heavy atom. The second-order valence-corrected chi connectivity index (χ2v) is 11.9. The summed E-state index contributed by atoms with van der Waals surface area (Å²) in [5.41, 5.74) is 4.20. The first-order valence-electron chi connectivity index (χ1n) is 12.6. The minimum Gasteiger partial charge on any atom is -0.486 e. The normalized spacial score (nSPS) is 28.2. The molecular weight excluding hydrogens is 436 g/mol. The highest BCUT2D eigenvalue weighted by atomic mass is 16.5. The van der Waals surface area contributed by atoms with E-state index >= 15 is 0 Å². The molecule has 7 rings (SSSR count). The minimum absolute atomic E-state index is 0.0133. The molecule has 4 aromatic rings. The molecule has 4 atom stereocenters. The number of hydrogen-bond donors (Lipinski definition) is 1. The minimum atomic E-state index is -0.434. The van der Waals surface area contributed by atoms with Gasteiger partial charge in [-0.2, -0.15) is 0 Å². The Hall–Kier alpha value is -3.34. The summed E-state index contributed by atoms with van der Waals surface area (Å²) in [5, 5.41) is 2.13. The van der Waals surface area contributed by atoms with E-state index in [1.165, 1.54) is 5.56 Å². The third kappa shape index (κ3) is 2.70. The van der Waals surface area contributed by atoms with E-state index in [0.29, 0.717) is 0 Å². The van der Waals surface area contributed by atoms with E-state index in [9.17, 15) is 9.59 Å². The molecule has 0 amide bonds. The molecule has 2 aromatic carbocycles. The molecule has 2 aromatic heterocycles. The van der Waals surface area contributed by atoms with Crippen molar-refractivity contribution in [2.45, 2.75) is 57.5 Å². The molecule has 178 valence electrons. The number of aryl methyl sites for hydroxylation is 1. The maximum Gasteiger partial charge on any atom is 0.258 e. The molecule has 3 aliphatic rings. The highest BCUT2D eigenvalue weighted by molar-refractivity contribution is 5.87. The molecule has 1 fully saturated rings. The van der Waals surface area contributed by atoms with Crippen LogP contribution in [0.2, 0.25) is 0 Å². The van der Waals surface area contributed by atoms with E-state index in [2.05, 4.69) is 37.9 Å². The highest BCUT2D eigenvalue weighted by Gasteiger charge is 2.58. The fourth-order valence-electron chi connectivity index (χ4n) is 7.94. The van der Waals surface area contributed by atoms with Crippen LogP contribution in [0.3, 0.4) is 0 Å². The maximum atomic E-state index is 13.8. The van der Waals surface area contributed by atoms with Crippen LogP contribution < -0.4 is 15.9 Å². The smallest absolute Gasteiger partial charge is 0.258 e. The average Bonchev–Trinajstić information content (AvgIpc) is 2.81. The molecule has 0 radical (unpaired) electrons. The molecule has 4 unspecified atom stereocenters. The zero-order valence-electron chi connectivity index (χ0n) is 20.6. The zero-order valence-corrected chi connectivity index (χ0v) is 20.6. The van der Waals surface area contributed by atoms with E-state index < -0.39 is 5.60 Å². The van der Waals surface area contributed by atoms with Crippen molar-refractivity contribution < 1.29 is 4.74 Å². The second kappa shape index (κ2) is 6.66. The number of fused-ring (bicyclic) bond motifs is 12. The largest absolute Gasteiger partial charge is 0.486 e. The van der Waals surface area contributed by atoms with Gasteiger partial charge in [0, 0.05) is 34.8 Å². The lowest BCUT2D eigenvalue weighted by molar-refractivity contribution is -0.0443. The monoisotopic (exact) mass is 466 g/mol. The van der Waals surface area contributed by atoms with Gasteiger partial charge >= 0.3 is 0 Å². The summed E-state index contributed by atoms with van der Waals surface area (Å²) in [7, 11) is 1.86. The fourth-order valence-corrected chi connectivity index (χ4v) is 7.94. The Labute approximate surface area is 203 Å². The quantitative estimate of drug-likeness (QED) is 0.378. The third-order valence-corrected chi connectivity index (χ3v) is 9.16. The summed E-state index contributed by atoms with van der Waals surface area (Å²) in [6.07, 6.45) is 2.40. The number of ether oxygens (including phenoxy) is 1. The van der Waals surface area contributed by atoms with E-state index in [1.54, 1.807) is 4.57 Å². The molecule has 1 aliphatic heterocycles. The number of aromatic nitrogens is 2. The molecule has 3 heterocycles. The Morgan fingerprint density at radius 1 is 0.914 bits per heavy atom. The van der Waals surface area contributed by atoms with Crippen molar-refractivity contribution in [3.8, 4) is 5.75 Å². The average molecular weight is 467 g/mol. The molecule has 1 saturated carbocycles. The molecule has 0 saturated heterocycles. The fraction of sp³-hybridized carbons (Fsp3) is 0.400. The van der Waals surface area contributed by atoms with E-state index in [-0.39, 0.29) is 34.3 Å². The van der Waals surface area contributed by atoms with E-state index in [4.69, 9.17) is 4.74 Å². The Kier molecular flexibility index (Phi) is 3.99. The van der Waals surface area contributed by atoms with Crippen molar-refractivity contribution in [2.24, 2.45) is 18.4 Å². The van der Waals surface area contributed by atoms with Gasteiger partial charge in [-0.3, -0.25) is 9.59 Å². The van der Waals surface area contributed by atoms with Crippen molar-refractivity contribution in [3.63, 3.8) is 0 Å². The topological polar surface area (TPSA) is 64.1 Å². The lowest BCUT2D eigenvalue weighted by Gasteiger charge is -2.57. The number of pyridine rings is 2. The summed E-state index contributed by atoms with van der Waals surface area (Å²) < 4.78 is 8.55. The standard InChI is InChI=1S/C30H30N2O3/c1-29(2)13-18-16-9-5-7-11-21(16)31-27(33)23(18)19-14-30(3)15-20(25(19)29)24-26(35-30)17-10-6-8-12-22(17)32(4)28(24)34/h5-12,19-20,25H,13-15H2,1-4H3,(H,31,33). The molecule has 5 heteroatoms. The number of benzene rings is 2. The second-order valence-electron chi connectivity index (χ2n) is 11.9. The Morgan fingerprint density at radius 2 is 1.57 bits per heavy atom. The molecule has 1 N–H and O–H groups in total. The van der Waals surface area contributed by atoms with Crippen LogP contribution in [0, 0.1) is 11.3 Å². The summed E-state index contributed by atoms with van der Waals surface area (Å²) in [6, 6.07) is 16.2. The highest BCUT2D eigenvalue weighted by Crippen LogP contribution is 2.63. The van der Waals surface area contributed by atoms with Gasteiger partial charge in [-0.1, -0.05) is 44.2 Å². The van der Waals surface area contributed by atoms with Gasteiger partial charge in [0.2, 0.25) is 0 Å². The van der Waals surface area contributed by atoms with Gasteiger partial charge in [-0.25, -0.2) is 0 Å². The number of rotatable bonds is 0. The van der Waals surface area contributed by atoms with Crippen LogP contribution in [0.4, 0.5) is 0 Å². The molecule has 0 spiro atoms. The van der Waals surface area contributed by atoms with E-state index in [0.717, 1.165) is 57.9 Å². The molecule has 2 aliphatic carbocycles. The molecular formula is C30H30N2O3. The van der Waals surface area contributed by atoms with Gasteiger partial charge in [0.1, 0.15) is 11.4 Å². The predicted octanol–water partition coefficient (Wildman–Crippen LogP) is 5.39. The van der Waals surface area contributed by atoms with Crippen molar-refractivity contribution in [2.75, 3.05) is 0 Å². The van der Waals surface area contributed by atoms with Crippen molar-refractivity contribution >= 4 is 21.8 Å². The summed E-state index contributed by atoms with van der Waals surface area (Å²) >= 11 is 0. The Bertz CT molecular complexity index is 1680. The molecule has 5 nitrogen and oxygen atoms in total. The zero-order chi connectivity index (χ0) is 24.3. The van der Waals surface area contributed by atoms with E-state index in [1.807, 2.05) is 43.4 Å². The lowest BCUT2D eigenvalue weighted by atomic mass is 9.50. The van der Waals surface area contributed by atoms with Crippen LogP contribution >= 0.6 is 0 Å². The van der Waals surface area contributed by atoms with Crippen molar-refractivity contribution in [3.05, 3.63) is 85.9 Å². The van der Waals surface area contributed by atoms with Crippen LogP contribution in [0.5, 0.6) is 5.75 Å². The van der Waals surface area contributed by atoms with Crippen LogP contribution in [0.1, 0.15) is 62.1 Å². The van der Waals surface area contributed by atoms with Crippen LogP contribution in [-0.4, -0.2) is 15.2 Å².